The van der Waals surface area contributed by atoms with Crippen LogP contribution >= 0.6 is 11.8 Å². The zero-order valence-corrected chi connectivity index (χ0v) is 11.1. The van der Waals surface area contributed by atoms with Gasteiger partial charge in [-0.2, -0.15) is 0 Å². The van der Waals surface area contributed by atoms with Gasteiger partial charge in [0.2, 0.25) is 5.91 Å². The Morgan fingerprint density at radius 2 is 1.74 bits per heavy atom. The predicted molar refractivity (Wildman–Crippen MR) is 75.4 cm³/mol. The molecule has 2 aromatic carbocycles. The summed E-state index contributed by atoms with van der Waals surface area (Å²) in [7, 11) is 0. The molecule has 0 aliphatic carbocycles. The first kappa shape index (κ1) is 13.6. The molecule has 0 bridgehead atoms. The van der Waals surface area contributed by atoms with E-state index in [2.05, 4.69) is 5.32 Å². The van der Waals surface area contributed by atoms with E-state index >= 15 is 0 Å². The summed E-state index contributed by atoms with van der Waals surface area (Å²) in [5, 5.41) is 2.81. The molecule has 98 valence electrons. The number of nitrogens with one attached hydrogen (secondary N) is 1. The molecule has 0 saturated carbocycles. The van der Waals surface area contributed by atoms with E-state index in [0.29, 0.717) is 11.4 Å². The number of carbonyl (C=O) groups is 1. The number of rotatable bonds is 5. The van der Waals surface area contributed by atoms with Gasteiger partial charge in [0, 0.05) is 11.4 Å². The van der Waals surface area contributed by atoms with Gasteiger partial charge in [0.25, 0.3) is 0 Å². The number of carbonyl (C=O) groups excluding carboxylic acids is 1. The van der Waals surface area contributed by atoms with Crippen LogP contribution in [0.1, 0.15) is 5.56 Å². The van der Waals surface area contributed by atoms with Crippen LogP contribution in [0.2, 0.25) is 0 Å². The molecule has 0 atom stereocenters. The predicted octanol–water partition coefficient (Wildman–Crippen LogP) is 3.23. The monoisotopic (exact) mass is 275 g/mol. The summed E-state index contributed by atoms with van der Waals surface area (Å²) in [5.41, 5.74) is 1.05. The summed E-state index contributed by atoms with van der Waals surface area (Å²) < 4.78 is 13.3. The van der Waals surface area contributed by atoms with Gasteiger partial charge < -0.3 is 5.32 Å². The van der Waals surface area contributed by atoms with Crippen LogP contribution in [0, 0.1) is 5.82 Å². The molecule has 19 heavy (non-hydrogen) atoms. The highest BCUT2D eigenvalue weighted by molar-refractivity contribution is 8.00. The Kier molecular flexibility index (Phi) is 4.98. The SMILES string of the molecule is O=C(CSc1ccccc1F)NCc1ccccc1. The second kappa shape index (κ2) is 6.95. The summed E-state index contributed by atoms with van der Waals surface area (Å²) in [6.07, 6.45) is 0. The lowest BCUT2D eigenvalue weighted by Gasteiger charge is -2.05. The molecule has 0 aromatic heterocycles. The van der Waals surface area contributed by atoms with E-state index in [9.17, 15) is 9.18 Å². The lowest BCUT2D eigenvalue weighted by Crippen LogP contribution is -2.24. The standard InChI is InChI=1S/C15H14FNOS/c16-13-8-4-5-9-14(13)19-11-15(18)17-10-12-6-2-1-3-7-12/h1-9H,10-11H2,(H,17,18). The van der Waals surface area contributed by atoms with Gasteiger partial charge in [-0.25, -0.2) is 4.39 Å². The highest BCUT2D eigenvalue weighted by atomic mass is 32.2. The molecule has 0 aliphatic rings. The lowest BCUT2D eigenvalue weighted by molar-refractivity contribution is -0.118. The zero-order valence-electron chi connectivity index (χ0n) is 10.3. The number of benzene rings is 2. The molecule has 0 fully saturated rings. The molecule has 0 radical (unpaired) electrons. The molecular formula is C15H14FNOS. The smallest absolute Gasteiger partial charge is 0.230 e. The number of thioether (sulfide) groups is 1. The molecule has 2 nitrogen and oxygen atoms in total. The van der Waals surface area contributed by atoms with E-state index in [-0.39, 0.29) is 17.5 Å². The van der Waals surface area contributed by atoms with E-state index in [1.807, 2.05) is 30.3 Å². The summed E-state index contributed by atoms with van der Waals surface area (Å²) in [6.45, 7) is 0.498. The van der Waals surface area contributed by atoms with Gasteiger partial charge in [0.05, 0.1) is 5.75 Å². The third kappa shape index (κ3) is 4.41. The fraction of sp³-hybridized carbons (Fsp3) is 0.133. The van der Waals surface area contributed by atoms with Gasteiger partial charge in [-0.1, -0.05) is 42.5 Å². The van der Waals surface area contributed by atoms with Gasteiger partial charge in [0.15, 0.2) is 0 Å². The van der Waals surface area contributed by atoms with Gasteiger partial charge in [-0.05, 0) is 17.7 Å². The Bertz CT molecular complexity index is 545. The van der Waals surface area contributed by atoms with Gasteiger partial charge in [0.1, 0.15) is 5.82 Å². The van der Waals surface area contributed by atoms with Crippen LogP contribution in [0.25, 0.3) is 0 Å². The highest BCUT2D eigenvalue weighted by Gasteiger charge is 2.05. The maximum Gasteiger partial charge on any atom is 0.230 e. The van der Waals surface area contributed by atoms with E-state index < -0.39 is 0 Å². The third-order valence-electron chi connectivity index (χ3n) is 2.53. The fourth-order valence-corrected chi connectivity index (χ4v) is 2.32. The average molecular weight is 275 g/mol. The van der Waals surface area contributed by atoms with Gasteiger partial charge in [-0.3, -0.25) is 4.79 Å². The van der Waals surface area contributed by atoms with Gasteiger partial charge >= 0.3 is 0 Å². The number of hydrogen-bond donors (Lipinski definition) is 1. The molecule has 4 heteroatoms. The molecule has 0 saturated heterocycles. The Morgan fingerprint density at radius 3 is 2.47 bits per heavy atom. The maximum absolute atomic E-state index is 13.3. The first-order valence-electron chi connectivity index (χ1n) is 5.93. The number of halogens is 1. The largest absolute Gasteiger partial charge is 0.351 e. The van der Waals surface area contributed by atoms with Crippen molar-refractivity contribution in [2.45, 2.75) is 11.4 Å². The van der Waals surface area contributed by atoms with Crippen molar-refractivity contribution in [2.24, 2.45) is 0 Å². The van der Waals surface area contributed by atoms with Crippen molar-refractivity contribution in [3.8, 4) is 0 Å². The number of hydrogen-bond acceptors (Lipinski definition) is 2. The van der Waals surface area contributed by atoms with Gasteiger partial charge in [-0.15, -0.1) is 11.8 Å². The Hall–Kier alpha value is -1.81. The lowest BCUT2D eigenvalue weighted by atomic mass is 10.2. The van der Waals surface area contributed by atoms with Crippen molar-refractivity contribution in [3.63, 3.8) is 0 Å². The van der Waals surface area contributed by atoms with Crippen molar-refractivity contribution in [1.29, 1.82) is 0 Å². The minimum atomic E-state index is -0.289. The first-order chi connectivity index (χ1) is 9.25. The topological polar surface area (TPSA) is 29.1 Å². The minimum Gasteiger partial charge on any atom is -0.351 e. The maximum atomic E-state index is 13.3. The van der Waals surface area contributed by atoms with Crippen LogP contribution in [0.4, 0.5) is 4.39 Å². The van der Waals surface area contributed by atoms with Crippen molar-refractivity contribution in [1.82, 2.24) is 5.32 Å². The first-order valence-corrected chi connectivity index (χ1v) is 6.92. The highest BCUT2D eigenvalue weighted by Crippen LogP contribution is 2.20. The van der Waals surface area contributed by atoms with E-state index in [1.54, 1.807) is 18.2 Å². The zero-order chi connectivity index (χ0) is 13.5. The molecule has 0 unspecified atom stereocenters. The van der Waals surface area contributed by atoms with E-state index in [1.165, 1.54) is 17.8 Å². The molecule has 0 heterocycles. The summed E-state index contributed by atoms with van der Waals surface area (Å²) in [6, 6.07) is 16.1. The molecule has 0 spiro atoms. The van der Waals surface area contributed by atoms with Crippen LogP contribution in [0.3, 0.4) is 0 Å². The molecule has 2 rings (SSSR count). The molecule has 0 aliphatic heterocycles. The quantitative estimate of drug-likeness (QED) is 0.849. The van der Waals surface area contributed by atoms with Crippen LogP contribution in [0.5, 0.6) is 0 Å². The minimum absolute atomic E-state index is 0.0999. The average Bonchev–Trinajstić information content (AvgIpc) is 2.45. The van der Waals surface area contributed by atoms with Crippen molar-refractivity contribution >= 4 is 17.7 Å². The molecule has 2 aromatic rings. The summed E-state index contributed by atoms with van der Waals surface area (Å²) in [5.74, 6) is -0.172. The van der Waals surface area contributed by atoms with Crippen LogP contribution in [0.15, 0.2) is 59.5 Å². The summed E-state index contributed by atoms with van der Waals surface area (Å²) in [4.78, 5) is 12.1. The molecule has 1 amide bonds. The summed E-state index contributed by atoms with van der Waals surface area (Å²) >= 11 is 1.20. The fourth-order valence-electron chi connectivity index (χ4n) is 1.55. The third-order valence-corrected chi connectivity index (χ3v) is 3.58. The molecular weight excluding hydrogens is 261 g/mol. The van der Waals surface area contributed by atoms with Crippen molar-refractivity contribution in [3.05, 3.63) is 66.0 Å². The Labute approximate surface area is 116 Å². The van der Waals surface area contributed by atoms with Crippen LogP contribution in [-0.2, 0) is 11.3 Å². The van der Waals surface area contributed by atoms with Crippen molar-refractivity contribution < 1.29 is 9.18 Å². The number of amides is 1. The normalized spacial score (nSPS) is 10.2. The van der Waals surface area contributed by atoms with Crippen molar-refractivity contribution in [2.75, 3.05) is 5.75 Å². The second-order valence-electron chi connectivity index (χ2n) is 3.98. The Balaban J connectivity index is 1.78. The molecule has 1 N–H and O–H groups in total. The van der Waals surface area contributed by atoms with Crippen LogP contribution in [-0.4, -0.2) is 11.7 Å². The van der Waals surface area contributed by atoms with Crippen LogP contribution < -0.4 is 5.32 Å². The second-order valence-corrected chi connectivity index (χ2v) is 5.00. The van der Waals surface area contributed by atoms with E-state index in [4.69, 9.17) is 0 Å². The Morgan fingerprint density at radius 1 is 1.05 bits per heavy atom. The van der Waals surface area contributed by atoms with E-state index in [0.717, 1.165) is 5.56 Å².